The Labute approximate surface area is 141 Å². The zero-order valence-electron chi connectivity index (χ0n) is 13.5. The second-order valence-electron chi connectivity index (χ2n) is 5.71. The monoisotopic (exact) mass is 341 g/mol. The molecule has 2 aromatic carbocycles. The average molecular weight is 341 g/mol. The zero-order valence-corrected chi connectivity index (χ0v) is 13.5. The largest absolute Gasteiger partial charge is 0.348 e. The highest BCUT2D eigenvalue weighted by molar-refractivity contribution is 5.80. The number of rotatable bonds is 4. The minimum atomic E-state index is -0.901. The van der Waals surface area contributed by atoms with Gasteiger partial charge in [0.05, 0.1) is 17.1 Å². The fourth-order valence-corrected chi connectivity index (χ4v) is 2.66. The molecule has 0 fully saturated rings. The molecule has 0 saturated heterocycles. The van der Waals surface area contributed by atoms with Crippen LogP contribution in [0.25, 0.3) is 11.0 Å². The highest BCUT2D eigenvalue weighted by Gasteiger charge is 2.14. The quantitative estimate of drug-likeness (QED) is 0.709. The SMILES string of the molecule is CC(NC(=O)Cn1c(=O)c(=O)[nH]c2cc(F)ccc21)c1ccccc1. The third kappa shape index (κ3) is 3.50. The fourth-order valence-electron chi connectivity index (χ4n) is 2.66. The number of hydrogen-bond acceptors (Lipinski definition) is 3. The van der Waals surface area contributed by atoms with E-state index in [1.54, 1.807) is 0 Å². The van der Waals surface area contributed by atoms with Gasteiger partial charge >= 0.3 is 11.1 Å². The summed E-state index contributed by atoms with van der Waals surface area (Å²) in [5.41, 5.74) is -0.397. The van der Waals surface area contributed by atoms with Crippen molar-refractivity contribution in [2.75, 3.05) is 0 Å². The molecule has 1 unspecified atom stereocenters. The first-order chi connectivity index (χ1) is 12.0. The number of halogens is 1. The van der Waals surface area contributed by atoms with Gasteiger partial charge < -0.3 is 10.3 Å². The lowest BCUT2D eigenvalue weighted by atomic mass is 10.1. The summed E-state index contributed by atoms with van der Waals surface area (Å²) in [7, 11) is 0. The van der Waals surface area contributed by atoms with Crippen LogP contribution in [0, 0.1) is 5.82 Å². The van der Waals surface area contributed by atoms with E-state index < -0.39 is 22.8 Å². The molecule has 0 aliphatic carbocycles. The van der Waals surface area contributed by atoms with Crippen LogP contribution < -0.4 is 16.4 Å². The van der Waals surface area contributed by atoms with Gasteiger partial charge in [0.1, 0.15) is 12.4 Å². The van der Waals surface area contributed by atoms with Crippen molar-refractivity contribution in [2.24, 2.45) is 0 Å². The van der Waals surface area contributed by atoms with Crippen LogP contribution in [-0.2, 0) is 11.3 Å². The minimum absolute atomic E-state index is 0.161. The fraction of sp³-hybridized carbons (Fsp3) is 0.167. The molecule has 0 radical (unpaired) electrons. The number of aromatic nitrogens is 2. The summed E-state index contributed by atoms with van der Waals surface area (Å²) >= 11 is 0. The number of nitrogens with one attached hydrogen (secondary N) is 2. The van der Waals surface area contributed by atoms with Crippen molar-refractivity contribution >= 4 is 16.9 Å². The molecule has 2 N–H and O–H groups in total. The van der Waals surface area contributed by atoms with Crippen LogP contribution in [0.1, 0.15) is 18.5 Å². The van der Waals surface area contributed by atoms with Crippen molar-refractivity contribution < 1.29 is 9.18 Å². The van der Waals surface area contributed by atoms with Crippen LogP contribution in [0.2, 0.25) is 0 Å². The maximum Gasteiger partial charge on any atom is 0.317 e. The smallest absolute Gasteiger partial charge is 0.317 e. The van der Waals surface area contributed by atoms with Gasteiger partial charge in [-0.25, -0.2) is 4.39 Å². The Morgan fingerprint density at radius 2 is 1.92 bits per heavy atom. The van der Waals surface area contributed by atoms with Crippen LogP contribution in [0.4, 0.5) is 4.39 Å². The van der Waals surface area contributed by atoms with Crippen LogP contribution in [0.5, 0.6) is 0 Å². The van der Waals surface area contributed by atoms with Crippen LogP contribution >= 0.6 is 0 Å². The van der Waals surface area contributed by atoms with E-state index >= 15 is 0 Å². The first kappa shape index (κ1) is 16.6. The third-order valence-corrected chi connectivity index (χ3v) is 3.92. The number of benzene rings is 2. The van der Waals surface area contributed by atoms with E-state index in [9.17, 15) is 18.8 Å². The van der Waals surface area contributed by atoms with Crippen molar-refractivity contribution in [3.05, 3.63) is 80.6 Å². The van der Waals surface area contributed by atoms with Gasteiger partial charge in [-0.15, -0.1) is 0 Å². The van der Waals surface area contributed by atoms with Gasteiger partial charge in [0, 0.05) is 0 Å². The van der Waals surface area contributed by atoms with Gasteiger partial charge in [0.15, 0.2) is 0 Å². The van der Waals surface area contributed by atoms with Gasteiger partial charge in [-0.3, -0.25) is 19.0 Å². The van der Waals surface area contributed by atoms with Gasteiger partial charge in [-0.05, 0) is 30.7 Å². The topological polar surface area (TPSA) is 84.0 Å². The maximum absolute atomic E-state index is 13.3. The first-order valence-electron chi connectivity index (χ1n) is 7.72. The second kappa shape index (κ2) is 6.72. The molecule has 6 nitrogen and oxygen atoms in total. The number of fused-ring (bicyclic) bond motifs is 1. The van der Waals surface area contributed by atoms with Crippen molar-refractivity contribution in [3.8, 4) is 0 Å². The summed E-state index contributed by atoms with van der Waals surface area (Å²) in [5, 5.41) is 2.78. The lowest BCUT2D eigenvalue weighted by Crippen LogP contribution is -2.40. The number of carbonyl (C=O) groups excluding carboxylic acids is 1. The molecule has 0 aliphatic rings. The molecule has 7 heteroatoms. The van der Waals surface area contributed by atoms with E-state index in [0.717, 1.165) is 16.2 Å². The van der Waals surface area contributed by atoms with Gasteiger partial charge in [0.2, 0.25) is 5.91 Å². The summed E-state index contributed by atoms with van der Waals surface area (Å²) in [6.45, 7) is 1.49. The molecule has 0 spiro atoms. The van der Waals surface area contributed by atoms with E-state index in [1.165, 1.54) is 12.1 Å². The van der Waals surface area contributed by atoms with Crippen LogP contribution in [0.15, 0.2) is 58.1 Å². The van der Waals surface area contributed by atoms with Gasteiger partial charge in [0.25, 0.3) is 0 Å². The lowest BCUT2D eigenvalue weighted by molar-refractivity contribution is -0.122. The van der Waals surface area contributed by atoms with E-state index in [0.29, 0.717) is 0 Å². The van der Waals surface area contributed by atoms with Gasteiger partial charge in [-0.2, -0.15) is 0 Å². The molecule has 1 amide bonds. The Morgan fingerprint density at radius 1 is 1.20 bits per heavy atom. The molecular formula is C18H16FN3O3. The summed E-state index contributed by atoms with van der Waals surface area (Å²) in [4.78, 5) is 38.5. The van der Waals surface area contributed by atoms with Crippen molar-refractivity contribution in [1.82, 2.24) is 14.9 Å². The van der Waals surface area contributed by atoms with Crippen molar-refractivity contribution in [3.63, 3.8) is 0 Å². The van der Waals surface area contributed by atoms with Crippen LogP contribution in [-0.4, -0.2) is 15.5 Å². The number of hydrogen-bond donors (Lipinski definition) is 2. The highest BCUT2D eigenvalue weighted by atomic mass is 19.1. The molecule has 1 atom stereocenters. The van der Waals surface area contributed by atoms with Crippen molar-refractivity contribution in [2.45, 2.75) is 19.5 Å². The number of aromatic amines is 1. The predicted octanol–water partition coefficient (Wildman–Crippen LogP) is 1.71. The van der Waals surface area contributed by atoms with Gasteiger partial charge in [-0.1, -0.05) is 30.3 Å². The molecule has 0 aliphatic heterocycles. The number of amides is 1. The molecule has 1 aromatic heterocycles. The number of H-pyrrole nitrogens is 1. The normalized spacial score (nSPS) is 12.1. The Bertz CT molecular complexity index is 1040. The summed E-state index contributed by atoms with van der Waals surface area (Å²) in [5.74, 6) is -0.967. The maximum atomic E-state index is 13.3. The van der Waals surface area contributed by atoms with E-state index in [1.807, 2.05) is 37.3 Å². The Balaban J connectivity index is 1.90. The van der Waals surface area contributed by atoms with E-state index in [-0.39, 0.29) is 23.6 Å². The number of carbonyl (C=O) groups is 1. The zero-order chi connectivity index (χ0) is 18.0. The standard InChI is InChI=1S/C18H16FN3O3/c1-11(12-5-3-2-4-6-12)20-16(23)10-22-15-8-7-13(19)9-14(15)21-17(24)18(22)25/h2-9,11H,10H2,1H3,(H,20,23)(H,21,24). The molecule has 3 rings (SSSR count). The van der Waals surface area contributed by atoms with E-state index in [4.69, 9.17) is 0 Å². The number of nitrogens with zero attached hydrogens (tertiary/aromatic N) is 1. The summed E-state index contributed by atoms with van der Waals surface area (Å²) < 4.78 is 14.4. The van der Waals surface area contributed by atoms with Crippen LogP contribution in [0.3, 0.4) is 0 Å². The Hall–Kier alpha value is -3.22. The molecule has 25 heavy (non-hydrogen) atoms. The molecule has 0 saturated carbocycles. The molecule has 1 heterocycles. The Kier molecular flexibility index (Phi) is 4.47. The average Bonchev–Trinajstić information content (AvgIpc) is 2.59. The second-order valence-corrected chi connectivity index (χ2v) is 5.71. The Morgan fingerprint density at radius 3 is 2.64 bits per heavy atom. The predicted molar refractivity (Wildman–Crippen MR) is 91.8 cm³/mol. The minimum Gasteiger partial charge on any atom is -0.348 e. The summed E-state index contributed by atoms with van der Waals surface area (Å²) in [6.07, 6.45) is 0. The highest BCUT2D eigenvalue weighted by Crippen LogP contribution is 2.12. The molecular weight excluding hydrogens is 325 g/mol. The third-order valence-electron chi connectivity index (χ3n) is 3.92. The summed E-state index contributed by atoms with van der Waals surface area (Å²) in [6, 6.07) is 12.7. The molecule has 3 aromatic rings. The van der Waals surface area contributed by atoms with E-state index in [2.05, 4.69) is 10.3 Å². The molecule has 0 bridgehead atoms. The van der Waals surface area contributed by atoms with Crippen molar-refractivity contribution in [1.29, 1.82) is 0 Å². The molecule has 128 valence electrons. The lowest BCUT2D eigenvalue weighted by Gasteiger charge is -2.15. The first-order valence-corrected chi connectivity index (χ1v) is 7.72.